The number of hydrogen-bond acceptors (Lipinski definition) is 2. The summed E-state index contributed by atoms with van der Waals surface area (Å²) in [7, 11) is 0. The molecule has 19 heavy (non-hydrogen) atoms. The van der Waals surface area contributed by atoms with Gasteiger partial charge in [0.25, 0.3) is 0 Å². The summed E-state index contributed by atoms with van der Waals surface area (Å²) in [6.45, 7) is -0.0503. The zero-order chi connectivity index (χ0) is 13.7. The fourth-order valence-electron chi connectivity index (χ4n) is 2.13. The number of nitro groups is 1. The molecule has 2 aromatic rings. The predicted octanol–water partition coefficient (Wildman–Crippen LogP) is 4.05. The molecular formula is C15H14BrNO2. The molecule has 0 saturated heterocycles. The first-order valence-corrected chi connectivity index (χ1v) is 6.85. The molecule has 0 heterocycles. The summed E-state index contributed by atoms with van der Waals surface area (Å²) < 4.78 is 0.950. The van der Waals surface area contributed by atoms with E-state index in [-0.39, 0.29) is 17.4 Å². The first-order valence-electron chi connectivity index (χ1n) is 6.06. The molecule has 2 aromatic carbocycles. The van der Waals surface area contributed by atoms with Crippen LogP contribution >= 0.6 is 15.9 Å². The van der Waals surface area contributed by atoms with Gasteiger partial charge in [-0.05, 0) is 29.7 Å². The first kappa shape index (κ1) is 13.7. The lowest BCUT2D eigenvalue weighted by molar-refractivity contribution is -0.483. The minimum absolute atomic E-state index is 0.0503. The highest BCUT2D eigenvalue weighted by atomic mass is 79.9. The molecule has 0 bridgehead atoms. The molecule has 0 fully saturated rings. The van der Waals surface area contributed by atoms with Gasteiger partial charge in [-0.25, -0.2) is 0 Å². The van der Waals surface area contributed by atoms with Crippen LogP contribution in [0.25, 0.3) is 0 Å². The summed E-state index contributed by atoms with van der Waals surface area (Å²) in [6.07, 6.45) is 0.679. The Bertz CT molecular complexity index is 557. The highest BCUT2D eigenvalue weighted by Gasteiger charge is 2.18. The van der Waals surface area contributed by atoms with Crippen molar-refractivity contribution in [2.75, 3.05) is 6.54 Å². The van der Waals surface area contributed by atoms with Gasteiger partial charge in [-0.3, -0.25) is 10.1 Å². The van der Waals surface area contributed by atoms with E-state index in [0.717, 1.165) is 15.6 Å². The van der Waals surface area contributed by atoms with Crippen molar-refractivity contribution in [2.24, 2.45) is 0 Å². The summed E-state index contributed by atoms with van der Waals surface area (Å²) in [4.78, 5) is 10.6. The van der Waals surface area contributed by atoms with E-state index in [0.29, 0.717) is 6.42 Å². The Morgan fingerprint density at radius 1 is 1.11 bits per heavy atom. The van der Waals surface area contributed by atoms with E-state index < -0.39 is 0 Å². The molecule has 1 unspecified atom stereocenters. The van der Waals surface area contributed by atoms with Crippen molar-refractivity contribution in [1.82, 2.24) is 0 Å². The molecular weight excluding hydrogens is 306 g/mol. The molecule has 3 nitrogen and oxygen atoms in total. The lowest BCUT2D eigenvalue weighted by Crippen LogP contribution is -2.15. The van der Waals surface area contributed by atoms with Crippen LogP contribution in [0.2, 0.25) is 0 Å². The fourth-order valence-corrected chi connectivity index (χ4v) is 2.54. The van der Waals surface area contributed by atoms with Crippen LogP contribution in [0.15, 0.2) is 59.1 Å². The van der Waals surface area contributed by atoms with Crippen molar-refractivity contribution >= 4 is 15.9 Å². The predicted molar refractivity (Wildman–Crippen MR) is 78.9 cm³/mol. The molecule has 0 aliphatic heterocycles. The van der Waals surface area contributed by atoms with Gasteiger partial charge in [0.1, 0.15) is 0 Å². The Morgan fingerprint density at radius 2 is 1.84 bits per heavy atom. The largest absolute Gasteiger partial charge is 0.265 e. The molecule has 0 aliphatic rings. The minimum Gasteiger partial charge on any atom is -0.265 e. The van der Waals surface area contributed by atoms with Crippen molar-refractivity contribution < 1.29 is 4.92 Å². The smallest absolute Gasteiger partial charge is 0.210 e. The summed E-state index contributed by atoms with van der Waals surface area (Å²) in [5, 5.41) is 10.9. The van der Waals surface area contributed by atoms with Crippen LogP contribution in [0, 0.1) is 10.1 Å². The maximum Gasteiger partial charge on any atom is 0.210 e. The van der Waals surface area contributed by atoms with E-state index in [1.165, 1.54) is 0 Å². The highest BCUT2D eigenvalue weighted by molar-refractivity contribution is 9.10. The Hall–Kier alpha value is -1.68. The van der Waals surface area contributed by atoms with Crippen LogP contribution in [0.3, 0.4) is 0 Å². The molecule has 98 valence electrons. The van der Waals surface area contributed by atoms with E-state index in [9.17, 15) is 10.1 Å². The zero-order valence-corrected chi connectivity index (χ0v) is 11.9. The third-order valence-electron chi connectivity index (χ3n) is 3.01. The summed E-state index contributed by atoms with van der Waals surface area (Å²) in [6, 6.07) is 17.6. The van der Waals surface area contributed by atoms with Crippen LogP contribution in [0.5, 0.6) is 0 Å². The van der Waals surface area contributed by atoms with Crippen LogP contribution in [-0.4, -0.2) is 11.5 Å². The summed E-state index contributed by atoms with van der Waals surface area (Å²) in [5.74, 6) is -0.102. The topological polar surface area (TPSA) is 43.1 Å². The van der Waals surface area contributed by atoms with E-state index >= 15 is 0 Å². The normalized spacial score (nSPS) is 12.1. The monoisotopic (exact) mass is 319 g/mol. The number of nitrogens with zero attached hydrogens (tertiary/aromatic N) is 1. The zero-order valence-electron chi connectivity index (χ0n) is 10.3. The second-order valence-corrected chi connectivity index (χ2v) is 5.37. The van der Waals surface area contributed by atoms with Crippen LogP contribution in [0.4, 0.5) is 0 Å². The molecule has 0 saturated carbocycles. The van der Waals surface area contributed by atoms with Crippen LogP contribution in [0.1, 0.15) is 17.0 Å². The van der Waals surface area contributed by atoms with E-state index in [1.807, 2.05) is 54.6 Å². The number of benzene rings is 2. The molecule has 0 amide bonds. The summed E-state index contributed by atoms with van der Waals surface area (Å²) >= 11 is 3.41. The second-order valence-electron chi connectivity index (χ2n) is 4.46. The third-order valence-corrected chi connectivity index (χ3v) is 3.51. The van der Waals surface area contributed by atoms with Gasteiger partial charge < -0.3 is 0 Å². The van der Waals surface area contributed by atoms with Gasteiger partial charge in [-0.1, -0.05) is 58.4 Å². The van der Waals surface area contributed by atoms with E-state index in [4.69, 9.17) is 0 Å². The van der Waals surface area contributed by atoms with Crippen molar-refractivity contribution in [3.8, 4) is 0 Å². The lowest BCUT2D eigenvalue weighted by Gasteiger charge is -2.13. The van der Waals surface area contributed by atoms with Gasteiger partial charge in [0.05, 0.1) is 5.92 Å². The Morgan fingerprint density at radius 3 is 2.47 bits per heavy atom. The molecule has 1 atom stereocenters. The number of halogens is 1. The van der Waals surface area contributed by atoms with Gasteiger partial charge in [0, 0.05) is 9.40 Å². The Balaban J connectivity index is 2.23. The van der Waals surface area contributed by atoms with Crippen LogP contribution in [-0.2, 0) is 6.42 Å². The summed E-state index contributed by atoms with van der Waals surface area (Å²) in [5.41, 5.74) is 2.12. The minimum atomic E-state index is -0.242. The SMILES string of the molecule is O=[N+]([O-])CC(Cc1ccccc1)c1cccc(Br)c1. The molecule has 0 aliphatic carbocycles. The van der Waals surface area contributed by atoms with Gasteiger partial charge in [-0.2, -0.15) is 0 Å². The molecule has 0 radical (unpaired) electrons. The van der Waals surface area contributed by atoms with Gasteiger partial charge in [0.2, 0.25) is 6.54 Å². The first-order chi connectivity index (χ1) is 9.15. The Labute approximate surface area is 120 Å². The average Bonchev–Trinajstić information content (AvgIpc) is 2.39. The second kappa shape index (κ2) is 6.48. The lowest BCUT2D eigenvalue weighted by atomic mass is 9.92. The Kier molecular flexibility index (Phi) is 4.68. The third kappa shape index (κ3) is 4.17. The van der Waals surface area contributed by atoms with Crippen molar-refractivity contribution in [3.05, 3.63) is 80.3 Å². The molecule has 0 N–H and O–H groups in total. The molecule has 0 aromatic heterocycles. The van der Waals surface area contributed by atoms with Gasteiger partial charge in [0.15, 0.2) is 0 Å². The molecule has 0 spiro atoms. The molecule has 2 rings (SSSR count). The van der Waals surface area contributed by atoms with Gasteiger partial charge >= 0.3 is 0 Å². The van der Waals surface area contributed by atoms with E-state index in [1.54, 1.807) is 0 Å². The van der Waals surface area contributed by atoms with Crippen molar-refractivity contribution in [3.63, 3.8) is 0 Å². The maximum absolute atomic E-state index is 10.9. The maximum atomic E-state index is 10.9. The molecule has 4 heteroatoms. The number of hydrogen-bond donors (Lipinski definition) is 0. The average molecular weight is 320 g/mol. The van der Waals surface area contributed by atoms with E-state index in [2.05, 4.69) is 15.9 Å². The fraction of sp³-hybridized carbons (Fsp3) is 0.200. The van der Waals surface area contributed by atoms with Gasteiger partial charge in [-0.15, -0.1) is 0 Å². The quantitative estimate of drug-likeness (QED) is 0.616. The standard InChI is InChI=1S/C15H14BrNO2/c16-15-8-4-7-13(10-15)14(11-17(18)19)9-12-5-2-1-3-6-12/h1-8,10,14H,9,11H2. The highest BCUT2D eigenvalue weighted by Crippen LogP contribution is 2.24. The van der Waals surface area contributed by atoms with Crippen LogP contribution < -0.4 is 0 Å². The van der Waals surface area contributed by atoms with Crippen molar-refractivity contribution in [1.29, 1.82) is 0 Å². The van der Waals surface area contributed by atoms with Crippen molar-refractivity contribution in [2.45, 2.75) is 12.3 Å². The number of rotatable bonds is 5.